The van der Waals surface area contributed by atoms with Gasteiger partial charge in [-0.1, -0.05) is 60.2 Å². The molecule has 0 saturated heterocycles. The van der Waals surface area contributed by atoms with Crippen LogP contribution in [0.4, 0.5) is 5.13 Å². The van der Waals surface area contributed by atoms with Gasteiger partial charge in [-0.3, -0.25) is 10.1 Å². The molecule has 3 rings (SSSR count). The Hall–Kier alpha value is -2.50. The van der Waals surface area contributed by atoms with Crippen molar-refractivity contribution in [1.29, 1.82) is 0 Å². The molecule has 4 nitrogen and oxygen atoms in total. The number of nitrogens with one attached hydrogen (secondary N) is 1. The van der Waals surface area contributed by atoms with E-state index in [1.54, 1.807) is 0 Å². The van der Waals surface area contributed by atoms with Gasteiger partial charge in [0.25, 0.3) is 5.91 Å². The minimum absolute atomic E-state index is 0.0211. The van der Waals surface area contributed by atoms with Crippen LogP contribution in [0.1, 0.15) is 21.6 Å². The first-order valence-corrected chi connectivity index (χ1v) is 9.16. The molecule has 0 unspecified atom stereocenters. The molecule has 0 atom stereocenters. The van der Waals surface area contributed by atoms with E-state index in [-0.39, 0.29) is 5.91 Å². The highest BCUT2D eigenvalue weighted by Crippen LogP contribution is 2.21. The van der Waals surface area contributed by atoms with Gasteiger partial charge in [0, 0.05) is 23.1 Å². The van der Waals surface area contributed by atoms with Crippen molar-refractivity contribution < 1.29 is 10.1 Å². The Kier molecular flexibility index (Phi) is 5.93. The van der Waals surface area contributed by atoms with Crippen molar-refractivity contribution >= 4 is 22.4 Å². The molecule has 0 radical (unpaired) electrons. The first-order valence-electron chi connectivity index (χ1n) is 8.35. The van der Waals surface area contributed by atoms with Gasteiger partial charge in [-0.2, -0.15) is 0 Å². The Bertz CT molecular complexity index is 812. The zero-order chi connectivity index (χ0) is 17.5. The molecule has 1 heterocycles. The Morgan fingerprint density at radius 2 is 1.84 bits per heavy atom. The second-order valence-electron chi connectivity index (χ2n) is 6.02. The van der Waals surface area contributed by atoms with Gasteiger partial charge < -0.3 is 5.32 Å². The van der Waals surface area contributed by atoms with E-state index in [0.717, 1.165) is 17.8 Å². The summed E-state index contributed by atoms with van der Waals surface area (Å²) in [5.74, 6) is -0.0211. The number of nitrogens with zero attached hydrogens (tertiary/aromatic N) is 1. The molecule has 0 aliphatic heterocycles. The number of carbonyl (C=O) groups is 1. The molecule has 25 heavy (non-hydrogen) atoms. The summed E-state index contributed by atoms with van der Waals surface area (Å²) >= 11 is 1.53. The van der Waals surface area contributed by atoms with E-state index in [1.165, 1.54) is 28.0 Å². The van der Waals surface area contributed by atoms with Gasteiger partial charge in [-0.05, 0) is 12.5 Å². The smallest absolute Gasteiger partial charge is 0.281 e. The van der Waals surface area contributed by atoms with Crippen molar-refractivity contribution in [2.24, 2.45) is 0 Å². The number of hydrogen-bond acceptors (Lipinski definition) is 3. The standard InChI is InChI=1S/C20H21N3OS/c1-15-7-9-16(10-8-15)11-18-13-22-20(25-18)23-19(24)14-21-12-17-5-3-2-4-6-17/h2-10,13,21H,11-12,14H2,1H3,(H,22,23,24)/p+1. The molecule has 5 heteroatoms. The number of quaternary nitrogens is 1. The van der Waals surface area contributed by atoms with E-state index in [0.29, 0.717) is 11.7 Å². The Morgan fingerprint density at radius 1 is 1.08 bits per heavy atom. The molecular weight excluding hydrogens is 330 g/mol. The minimum atomic E-state index is -0.0211. The fraction of sp³-hybridized carbons (Fsp3) is 0.200. The molecular formula is C20H22N3OS+. The van der Waals surface area contributed by atoms with E-state index in [2.05, 4.69) is 53.6 Å². The highest BCUT2D eigenvalue weighted by molar-refractivity contribution is 7.15. The Balaban J connectivity index is 1.45. The molecule has 0 saturated carbocycles. The summed E-state index contributed by atoms with van der Waals surface area (Å²) in [7, 11) is 0. The molecule has 0 bridgehead atoms. The van der Waals surface area contributed by atoms with Gasteiger partial charge in [-0.15, -0.1) is 11.3 Å². The molecule has 0 spiro atoms. The van der Waals surface area contributed by atoms with Crippen LogP contribution in [0.3, 0.4) is 0 Å². The van der Waals surface area contributed by atoms with Crippen LogP contribution in [-0.2, 0) is 17.8 Å². The van der Waals surface area contributed by atoms with E-state index in [4.69, 9.17) is 0 Å². The molecule has 0 aliphatic rings. The van der Waals surface area contributed by atoms with Gasteiger partial charge in [0.15, 0.2) is 11.7 Å². The lowest BCUT2D eigenvalue weighted by Crippen LogP contribution is -2.84. The summed E-state index contributed by atoms with van der Waals surface area (Å²) in [6.07, 6.45) is 2.68. The fourth-order valence-corrected chi connectivity index (χ4v) is 3.37. The summed E-state index contributed by atoms with van der Waals surface area (Å²) in [5, 5.41) is 5.54. The van der Waals surface area contributed by atoms with Crippen LogP contribution >= 0.6 is 11.3 Å². The third-order valence-corrected chi connectivity index (χ3v) is 4.76. The zero-order valence-corrected chi connectivity index (χ0v) is 15.1. The molecule has 1 aromatic heterocycles. The van der Waals surface area contributed by atoms with Crippen molar-refractivity contribution in [2.75, 3.05) is 11.9 Å². The van der Waals surface area contributed by atoms with Crippen LogP contribution < -0.4 is 10.6 Å². The molecule has 2 aromatic carbocycles. The molecule has 128 valence electrons. The predicted octanol–water partition coefficient (Wildman–Crippen LogP) is 2.74. The minimum Gasteiger partial charge on any atom is -0.335 e. The van der Waals surface area contributed by atoms with Crippen LogP contribution in [0.25, 0.3) is 0 Å². The van der Waals surface area contributed by atoms with Crippen molar-refractivity contribution in [1.82, 2.24) is 4.98 Å². The number of anilines is 1. The maximum absolute atomic E-state index is 12.0. The topological polar surface area (TPSA) is 58.6 Å². The fourth-order valence-electron chi connectivity index (χ4n) is 2.51. The highest BCUT2D eigenvalue weighted by atomic mass is 32.1. The normalized spacial score (nSPS) is 10.6. The van der Waals surface area contributed by atoms with Crippen molar-refractivity contribution in [3.8, 4) is 0 Å². The van der Waals surface area contributed by atoms with Crippen molar-refractivity contribution in [3.05, 3.63) is 82.4 Å². The number of hydrogen-bond donors (Lipinski definition) is 2. The zero-order valence-electron chi connectivity index (χ0n) is 14.2. The number of amides is 1. The molecule has 3 aromatic rings. The molecule has 0 aliphatic carbocycles. The lowest BCUT2D eigenvalue weighted by Gasteiger charge is -2.02. The quantitative estimate of drug-likeness (QED) is 0.687. The third-order valence-electron chi connectivity index (χ3n) is 3.85. The Morgan fingerprint density at radius 3 is 2.60 bits per heavy atom. The van der Waals surface area contributed by atoms with E-state index >= 15 is 0 Å². The summed E-state index contributed by atoms with van der Waals surface area (Å²) in [6, 6.07) is 18.6. The number of benzene rings is 2. The van der Waals surface area contributed by atoms with Gasteiger partial charge >= 0.3 is 0 Å². The molecule has 0 fully saturated rings. The molecule has 3 N–H and O–H groups in total. The summed E-state index contributed by atoms with van der Waals surface area (Å²) in [4.78, 5) is 17.5. The van der Waals surface area contributed by atoms with Crippen molar-refractivity contribution in [2.45, 2.75) is 19.9 Å². The van der Waals surface area contributed by atoms with E-state index in [9.17, 15) is 4.79 Å². The second-order valence-corrected chi connectivity index (χ2v) is 7.14. The first-order chi connectivity index (χ1) is 12.2. The monoisotopic (exact) mass is 352 g/mol. The van der Waals surface area contributed by atoms with Crippen LogP contribution in [0.5, 0.6) is 0 Å². The van der Waals surface area contributed by atoms with E-state index in [1.807, 2.05) is 29.7 Å². The number of aromatic nitrogens is 1. The van der Waals surface area contributed by atoms with Crippen molar-refractivity contribution in [3.63, 3.8) is 0 Å². The van der Waals surface area contributed by atoms with E-state index < -0.39 is 0 Å². The maximum atomic E-state index is 12.0. The van der Waals surface area contributed by atoms with Crippen LogP contribution in [0.15, 0.2) is 60.8 Å². The highest BCUT2D eigenvalue weighted by Gasteiger charge is 2.09. The lowest BCUT2D eigenvalue weighted by atomic mass is 10.1. The largest absolute Gasteiger partial charge is 0.335 e. The lowest BCUT2D eigenvalue weighted by molar-refractivity contribution is -0.659. The number of rotatable bonds is 7. The van der Waals surface area contributed by atoms with Gasteiger partial charge in [0.1, 0.15) is 6.54 Å². The maximum Gasteiger partial charge on any atom is 0.281 e. The summed E-state index contributed by atoms with van der Waals surface area (Å²) in [5.41, 5.74) is 3.72. The summed E-state index contributed by atoms with van der Waals surface area (Å²) < 4.78 is 0. The average Bonchev–Trinajstić information content (AvgIpc) is 3.05. The average molecular weight is 352 g/mol. The SMILES string of the molecule is Cc1ccc(Cc2cnc(NC(=O)C[NH2+]Cc3ccccc3)s2)cc1. The van der Waals surface area contributed by atoms with Crippen LogP contribution in [-0.4, -0.2) is 17.4 Å². The number of aryl methyl sites for hydroxylation is 1. The third kappa shape index (κ3) is 5.52. The van der Waals surface area contributed by atoms with Crippen LogP contribution in [0, 0.1) is 6.92 Å². The summed E-state index contributed by atoms with van der Waals surface area (Å²) in [6.45, 7) is 3.27. The number of thiazole rings is 1. The number of nitrogens with two attached hydrogens (primary N) is 1. The first kappa shape index (κ1) is 17.3. The molecule has 1 amide bonds. The predicted molar refractivity (Wildman–Crippen MR) is 102 cm³/mol. The van der Waals surface area contributed by atoms with Crippen LogP contribution in [0.2, 0.25) is 0 Å². The number of carbonyl (C=O) groups excluding carboxylic acids is 1. The Labute approximate surface area is 151 Å². The van der Waals surface area contributed by atoms with Gasteiger partial charge in [-0.25, -0.2) is 4.98 Å². The van der Waals surface area contributed by atoms with Gasteiger partial charge in [0.2, 0.25) is 0 Å². The van der Waals surface area contributed by atoms with Gasteiger partial charge in [0.05, 0.1) is 0 Å². The second kappa shape index (κ2) is 8.55.